The van der Waals surface area contributed by atoms with Crippen LogP contribution in [0, 0.1) is 0 Å². The van der Waals surface area contributed by atoms with Gasteiger partial charge in [-0.25, -0.2) is 8.42 Å². The second-order valence-electron chi connectivity index (χ2n) is 5.58. The van der Waals surface area contributed by atoms with Gasteiger partial charge in [0.1, 0.15) is 0 Å². The van der Waals surface area contributed by atoms with Crippen LogP contribution in [0.3, 0.4) is 0 Å². The third-order valence-corrected chi connectivity index (χ3v) is 5.38. The molecule has 2 aromatic rings. The lowest BCUT2D eigenvalue weighted by Crippen LogP contribution is -2.47. The minimum atomic E-state index is -3.05. The first-order chi connectivity index (χ1) is 10.0. The summed E-state index contributed by atoms with van der Waals surface area (Å²) in [5.41, 5.74) is 1.31. The van der Waals surface area contributed by atoms with Gasteiger partial charge in [0.15, 0.2) is 0 Å². The summed E-state index contributed by atoms with van der Waals surface area (Å²) in [5, 5.41) is 2.54. The summed E-state index contributed by atoms with van der Waals surface area (Å²) in [6, 6.07) is 14.8. The molecule has 4 nitrogen and oxygen atoms in total. The molecule has 0 atom stereocenters. The molecule has 5 heteroatoms. The first-order valence-corrected chi connectivity index (χ1v) is 9.03. The average Bonchev–Trinajstić information content (AvgIpc) is 2.47. The third-order valence-electron chi connectivity index (χ3n) is 4.07. The fourth-order valence-corrected chi connectivity index (χ4v) is 3.72. The van der Waals surface area contributed by atoms with Crippen molar-refractivity contribution in [2.45, 2.75) is 6.54 Å². The molecule has 1 saturated heterocycles. The monoisotopic (exact) mass is 304 g/mol. The van der Waals surface area contributed by atoms with Crippen LogP contribution in [-0.2, 0) is 16.6 Å². The van der Waals surface area contributed by atoms with Crippen molar-refractivity contribution in [3.8, 4) is 0 Å². The Morgan fingerprint density at radius 1 is 0.952 bits per heavy atom. The van der Waals surface area contributed by atoms with Gasteiger partial charge in [0, 0.05) is 32.7 Å². The van der Waals surface area contributed by atoms with Crippen molar-refractivity contribution in [3.63, 3.8) is 0 Å². The topological polar surface area (TPSA) is 40.6 Å². The van der Waals surface area contributed by atoms with Gasteiger partial charge in [0.25, 0.3) is 0 Å². The van der Waals surface area contributed by atoms with Gasteiger partial charge in [0.05, 0.1) is 6.26 Å². The van der Waals surface area contributed by atoms with Gasteiger partial charge in [-0.3, -0.25) is 4.90 Å². The van der Waals surface area contributed by atoms with Gasteiger partial charge in [-0.15, -0.1) is 0 Å². The van der Waals surface area contributed by atoms with E-state index in [4.69, 9.17) is 0 Å². The Bertz CT molecular complexity index is 730. The summed E-state index contributed by atoms with van der Waals surface area (Å²) in [7, 11) is -3.05. The van der Waals surface area contributed by atoms with E-state index in [1.165, 1.54) is 22.6 Å². The van der Waals surface area contributed by atoms with Crippen LogP contribution in [0.2, 0.25) is 0 Å². The zero-order valence-electron chi connectivity index (χ0n) is 12.2. The van der Waals surface area contributed by atoms with Gasteiger partial charge in [-0.1, -0.05) is 42.5 Å². The Morgan fingerprint density at radius 2 is 1.62 bits per heavy atom. The average molecular weight is 304 g/mol. The van der Waals surface area contributed by atoms with Crippen LogP contribution in [0.5, 0.6) is 0 Å². The van der Waals surface area contributed by atoms with Crippen molar-refractivity contribution in [2.75, 3.05) is 32.4 Å². The van der Waals surface area contributed by atoms with Gasteiger partial charge in [-0.05, 0) is 16.3 Å². The molecule has 0 saturated carbocycles. The Hall–Kier alpha value is -1.43. The minimum absolute atomic E-state index is 0.587. The third kappa shape index (κ3) is 3.26. The number of sulfonamides is 1. The van der Waals surface area contributed by atoms with Crippen LogP contribution >= 0.6 is 0 Å². The molecule has 0 aromatic heterocycles. The molecule has 0 radical (unpaired) electrons. The smallest absolute Gasteiger partial charge is 0.211 e. The maximum Gasteiger partial charge on any atom is 0.211 e. The first-order valence-electron chi connectivity index (χ1n) is 7.18. The molecule has 0 bridgehead atoms. The van der Waals surface area contributed by atoms with E-state index in [2.05, 4.69) is 47.4 Å². The molecule has 0 amide bonds. The molecule has 112 valence electrons. The number of rotatable bonds is 3. The minimum Gasteiger partial charge on any atom is -0.296 e. The van der Waals surface area contributed by atoms with Crippen molar-refractivity contribution in [3.05, 3.63) is 48.0 Å². The van der Waals surface area contributed by atoms with E-state index in [0.717, 1.165) is 19.6 Å². The SMILES string of the molecule is CS(=O)(=O)N1CCN(Cc2cccc3ccccc23)CC1. The van der Waals surface area contributed by atoms with Crippen molar-refractivity contribution in [2.24, 2.45) is 0 Å². The number of fused-ring (bicyclic) bond motifs is 1. The molecule has 3 rings (SSSR count). The largest absolute Gasteiger partial charge is 0.296 e. The molecule has 1 aliphatic heterocycles. The molecule has 0 aliphatic carbocycles. The Labute approximate surface area is 126 Å². The van der Waals surface area contributed by atoms with E-state index in [9.17, 15) is 8.42 Å². The lowest BCUT2D eigenvalue weighted by Gasteiger charge is -2.33. The van der Waals surface area contributed by atoms with E-state index in [1.54, 1.807) is 4.31 Å². The molecule has 0 unspecified atom stereocenters. The standard InChI is InChI=1S/C16H20N2O2S/c1-21(19,20)18-11-9-17(10-12-18)13-15-7-4-6-14-5-2-3-8-16(14)15/h2-8H,9-13H2,1H3. The number of hydrogen-bond donors (Lipinski definition) is 0. The Balaban J connectivity index is 1.73. The summed E-state index contributed by atoms with van der Waals surface area (Å²) in [6.45, 7) is 3.62. The molecule has 0 N–H and O–H groups in total. The van der Waals surface area contributed by atoms with Crippen LogP contribution in [0.4, 0.5) is 0 Å². The molecule has 0 spiro atoms. The van der Waals surface area contributed by atoms with E-state index in [1.807, 2.05) is 0 Å². The quantitative estimate of drug-likeness (QED) is 0.870. The highest BCUT2D eigenvalue weighted by atomic mass is 32.2. The number of nitrogens with zero attached hydrogens (tertiary/aromatic N) is 2. The van der Waals surface area contributed by atoms with E-state index >= 15 is 0 Å². The van der Waals surface area contributed by atoms with Gasteiger partial charge in [0.2, 0.25) is 10.0 Å². The van der Waals surface area contributed by atoms with Crippen molar-refractivity contribution in [1.29, 1.82) is 0 Å². The van der Waals surface area contributed by atoms with Gasteiger partial charge in [-0.2, -0.15) is 4.31 Å². The normalized spacial score (nSPS) is 18.1. The molecular weight excluding hydrogens is 284 g/mol. The Morgan fingerprint density at radius 3 is 2.33 bits per heavy atom. The van der Waals surface area contributed by atoms with Gasteiger partial charge >= 0.3 is 0 Å². The van der Waals surface area contributed by atoms with Crippen LogP contribution < -0.4 is 0 Å². The van der Waals surface area contributed by atoms with Crippen molar-refractivity contribution in [1.82, 2.24) is 9.21 Å². The van der Waals surface area contributed by atoms with E-state index in [-0.39, 0.29) is 0 Å². The zero-order valence-corrected chi connectivity index (χ0v) is 13.0. The highest BCUT2D eigenvalue weighted by Crippen LogP contribution is 2.20. The van der Waals surface area contributed by atoms with Crippen LogP contribution in [0.25, 0.3) is 10.8 Å². The van der Waals surface area contributed by atoms with Crippen molar-refractivity contribution >= 4 is 20.8 Å². The maximum absolute atomic E-state index is 11.5. The lowest BCUT2D eigenvalue weighted by molar-refractivity contribution is 0.182. The predicted molar refractivity (Wildman–Crippen MR) is 85.6 cm³/mol. The second-order valence-corrected chi connectivity index (χ2v) is 7.56. The fraction of sp³-hybridized carbons (Fsp3) is 0.375. The summed E-state index contributed by atoms with van der Waals surface area (Å²) in [4.78, 5) is 2.32. The fourth-order valence-electron chi connectivity index (χ4n) is 2.89. The molecule has 1 fully saturated rings. The zero-order chi connectivity index (χ0) is 14.9. The van der Waals surface area contributed by atoms with Gasteiger partial charge < -0.3 is 0 Å². The molecule has 1 aliphatic rings. The number of hydrogen-bond acceptors (Lipinski definition) is 3. The lowest BCUT2D eigenvalue weighted by atomic mass is 10.0. The molecule has 21 heavy (non-hydrogen) atoms. The Kier molecular flexibility index (Phi) is 3.97. The van der Waals surface area contributed by atoms with Crippen LogP contribution in [-0.4, -0.2) is 50.1 Å². The molecule has 2 aromatic carbocycles. The highest BCUT2D eigenvalue weighted by molar-refractivity contribution is 7.88. The maximum atomic E-state index is 11.5. The van der Waals surface area contributed by atoms with Crippen LogP contribution in [0.15, 0.2) is 42.5 Å². The number of piperazine rings is 1. The summed E-state index contributed by atoms with van der Waals surface area (Å²) in [6.07, 6.45) is 1.29. The predicted octanol–water partition coefficient (Wildman–Crippen LogP) is 1.92. The number of benzene rings is 2. The summed E-state index contributed by atoms with van der Waals surface area (Å²) in [5.74, 6) is 0. The highest BCUT2D eigenvalue weighted by Gasteiger charge is 2.23. The van der Waals surface area contributed by atoms with E-state index < -0.39 is 10.0 Å². The van der Waals surface area contributed by atoms with Crippen LogP contribution in [0.1, 0.15) is 5.56 Å². The van der Waals surface area contributed by atoms with E-state index in [0.29, 0.717) is 13.1 Å². The first kappa shape index (κ1) is 14.5. The summed E-state index contributed by atoms with van der Waals surface area (Å²) < 4.78 is 24.6. The summed E-state index contributed by atoms with van der Waals surface area (Å²) >= 11 is 0. The van der Waals surface area contributed by atoms with Crippen molar-refractivity contribution < 1.29 is 8.42 Å². The second kappa shape index (κ2) is 5.75. The molecular formula is C16H20N2O2S. The molecule has 1 heterocycles.